The van der Waals surface area contributed by atoms with Crippen LogP contribution < -0.4 is 21.3 Å². The molecular weight excluding hydrogens is 1040 g/mol. The zero-order valence-corrected chi connectivity index (χ0v) is 47.9. The molecule has 10 rings (SSSR count). The van der Waals surface area contributed by atoms with Gasteiger partial charge in [0.15, 0.2) is 0 Å². The van der Waals surface area contributed by atoms with Gasteiger partial charge in [-0.25, -0.2) is 4.98 Å². The van der Waals surface area contributed by atoms with Crippen molar-refractivity contribution in [1.29, 1.82) is 0 Å². The summed E-state index contributed by atoms with van der Waals surface area (Å²) in [6.45, 7) is 10.2. The summed E-state index contributed by atoms with van der Waals surface area (Å²) < 4.78 is 19.0. The summed E-state index contributed by atoms with van der Waals surface area (Å²) in [6, 6.07) is 22.8. The van der Waals surface area contributed by atoms with E-state index < -0.39 is 0 Å². The lowest BCUT2D eigenvalue weighted by molar-refractivity contribution is 0.0157. The number of amides is 5. The first-order valence-corrected chi connectivity index (χ1v) is 29.9. The molecule has 82 heavy (non-hydrogen) atoms. The zero-order valence-electron chi connectivity index (χ0n) is 47.9. The van der Waals surface area contributed by atoms with Crippen LogP contribution in [0.4, 0.5) is 23.0 Å². The molecule has 6 heterocycles. The molecule has 20 heteroatoms. The van der Waals surface area contributed by atoms with Gasteiger partial charge in [-0.2, -0.15) is 4.98 Å². The molecule has 4 saturated heterocycles. The molecule has 1 aliphatic carbocycles. The molecular formula is C62H82N12O8. The number of aromatic nitrogens is 3. The molecule has 3 aromatic carbocycles. The Morgan fingerprint density at radius 3 is 1.55 bits per heavy atom. The molecule has 5 aliphatic rings. The number of carbonyl (C=O) groups excluding carboxylic acids is 5. The lowest BCUT2D eigenvalue weighted by atomic mass is 10.00. The standard InChI is InChI=1S/C62H82N12O8/c1-69(2)61(79)55-42-47-43-65-62(68-56(47)74(55)52-9-3-4-10-52)67-49-18-13-45(14-19-49)58(76)64-26-36-81-38-40-82-39-37-80-35-25-63-57(75)44-11-16-48(17-12-44)66-54-41-46(59(77)72-31-21-50(22-32-72)70-27-5-6-28-70)15-20-53(54)60(78)73-33-23-51(24-34-73)71-29-7-8-30-71/h11-20,41-43,50-52,66H,3-10,21-40H2,1-2H3,(H,63,75)(H,64,76)(H,65,67,68). The van der Waals surface area contributed by atoms with E-state index in [-0.39, 0.29) is 35.6 Å². The van der Waals surface area contributed by atoms with Gasteiger partial charge in [0, 0.05) is 111 Å². The van der Waals surface area contributed by atoms with Gasteiger partial charge in [-0.3, -0.25) is 24.0 Å². The Hall–Kier alpha value is -6.97. The second kappa shape index (κ2) is 28.3. The summed E-state index contributed by atoms with van der Waals surface area (Å²) in [7, 11) is 3.51. The van der Waals surface area contributed by atoms with Crippen LogP contribution in [0.5, 0.6) is 0 Å². The maximum absolute atomic E-state index is 14.2. The third-order valence-corrected chi connectivity index (χ3v) is 16.8. The number of benzene rings is 3. The quantitative estimate of drug-likeness (QED) is 0.0446. The number of carbonyl (C=O) groups is 5. The minimum Gasteiger partial charge on any atom is -0.377 e. The Kier molecular flexibility index (Phi) is 20.1. The van der Waals surface area contributed by atoms with Crippen molar-refractivity contribution in [3.8, 4) is 0 Å². The summed E-state index contributed by atoms with van der Waals surface area (Å²) in [4.78, 5) is 87.2. The van der Waals surface area contributed by atoms with Crippen LogP contribution in [0.2, 0.25) is 0 Å². The number of rotatable bonds is 24. The molecule has 438 valence electrons. The molecule has 0 spiro atoms. The summed E-state index contributed by atoms with van der Waals surface area (Å²) in [6.07, 6.45) is 14.9. The molecule has 5 amide bonds. The van der Waals surface area contributed by atoms with E-state index in [1.54, 1.807) is 61.6 Å². The number of nitrogens with zero attached hydrogens (tertiary/aromatic N) is 8. The van der Waals surface area contributed by atoms with Gasteiger partial charge in [-0.15, -0.1) is 0 Å². The average Bonchev–Trinajstić information content (AvgIpc) is 4.54. The average molecular weight is 1120 g/mol. The highest BCUT2D eigenvalue weighted by Crippen LogP contribution is 2.35. The lowest BCUT2D eigenvalue weighted by Crippen LogP contribution is -2.46. The highest BCUT2D eigenvalue weighted by Gasteiger charge is 2.33. The normalized spacial score (nSPS) is 17.6. The Morgan fingerprint density at radius 1 is 0.537 bits per heavy atom. The van der Waals surface area contributed by atoms with Crippen molar-refractivity contribution in [2.45, 2.75) is 95.2 Å². The van der Waals surface area contributed by atoms with Crippen LogP contribution in [0.1, 0.15) is 135 Å². The van der Waals surface area contributed by atoms with Gasteiger partial charge in [0.1, 0.15) is 11.3 Å². The topological polar surface area (TPSA) is 208 Å². The Labute approximate surface area is 481 Å². The van der Waals surface area contributed by atoms with Gasteiger partial charge in [0.25, 0.3) is 29.5 Å². The first-order chi connectivity index (χ1) is 40.1. The van der Waals surface area contributed by atoms with E-state index in [0.29, 0.717) is 123 Å². The highest BCUT2D eigenvalue weighted by molar-refractivity contribution is 6.04. The number of anilines is 4. The fourth-order valence-corrected chi connectivity index (χ4v) is 12.3. The van der Waals surface area contributed by atoms with Gasteiger partial charge in [0.2, 0.25) is 5.95 Å². The number of likely N-dealkylation sites (tertiary alicyclic amines) is 4. The first-order valence-electron chi connectivity index (χ1n) is 29.9. The zero-order chi connectivity index (χ0) is 56.8. The number of nitrogens with one attached hydrogen (secondary N) is 4. The van der Waals surface area contributed by atoms with E-state index in [2.05, 4.69) is 40.6 Å². The largest absolute Gasteiger partial charge is 0.377 e. The third kappa shape index (κ3) is 14.8. The van der Waals surface area contributed by atoms with Crippen LogP contribution in [0.15, 0.2) is 79.0 Å². The number of piperidine rings is 2. The van der Waals surface area contributed by atoms with Crippen molar-refractivity contribution in [3.05, 3.63) is 107 Å². The summed E-state index contributed by atoms with van der Waals surface area (Å²) in [5.41, 5.74) is 5.43. The van der Waals surface area contributed by atoms with Crippen LogP contribution in [0.3, 0.4) is 0 Å². The molecule has 0 radical (unpaired) electrons. The third-order valence-electron chi connectivity index (χ3n) is 16.8. The minimum absolute atomic E-state index is 0.0165. The van der Waals surface area contributed by atoms with Crippen molar-refractivity contribution in [1.82, 2.24) is 49.7 Å². The van der Waals surface area contributed by atoms with Crippen LogP contribution >= 0.6 is 0 Å². The van der Waals surface area contributed by atoms with E-state index >= 15 is 0 Å². The summed E-state index contributed by atoms with van der Waals surface area (Å²) in [5, 5.41) is 13.3. The van der Waals surface area contributed by atoms with Crippen molar-refractivity contribution < 1.29 is 38.2 Å². The predicted octanol–water partition coefficient (Wildman–Crippen LogP) is 7.35. The second-order valence-electron chi connectivity index (χ2n) is 22.6. The lowest BCUT2D eigenvalue weighted by Gasteiger charge is -2.37. The molecule has 4 N–H and O–H groups in total. The van der Waals surface area contributed by atoms with Crippen molar-refractivity contribution in [2.24, 2.45) is 0 Å². The predicted molar refractivity (Wildman–Crippen MR) is 316 cm³/mol. The number of fused-ring (bicyclic) bond motifs is 1. The van der Waals surface area contributed by atoms with Crippen LogP contribution in [-0.2, 0) is 14.2 Å². The van der Waals surface area contributed by atoms with Crippen molar-refractivity contribution in [2.75, 3.05) is 130 Å². The Bertz CT molecular complexity index is 2950. The molecule has 0 atom stereocenters. The van der Waals surface area contributed by atoms with Crippen molar-refractivity contribution in [3.63, 3.8) is 0 Å². The SMILES string of the molecule is CN(C)C(=O)c1cc2cnc(Nc3ccc(C(=O)NCCOCCOCCOCCNC(=O)c4ccc(Nc5cc(C(=O)N6CCC(N7CCCC7)CC6)ccc5C(=O)N5CCC(N6CCCC6)CC5)cc4)cc3)nc2n1C1CCCC1. The van der Waals surface area contributed by atoms with E-state index in [9.17, 15) is 24.0 Å². The monoisotopic (exact) mass is 1120 g/mol. The first kappa shape index (κ1) is 58.2. The molecule has 0 unspecified atom stereocenters. The van der Waals surface area contributed by atoms with E-state index in [0.717, 1.165) is 107 Å². The molecule has 5 aromatic rings. The van der Waals surface area contributed by atoms with E-state index in [1.807, 2.05) is 46.2 Å². The maximum Gasteiger partial charge on any atom is 0.270 e. The minimum atomic E-state index is -0.235. The molecule has 4 aliphatic heterocycles. The molecule has 2 aromatic heterocycles. The smallest absolute Gasteiger partial charge is 0.270 e. The number of ether oxygens (including phenoxy) is 3. The number of hydrogen-bond donors (Lipinski definition) is 4. The van der Waals surface area contributed by atoms with Gasteiger partial charge in [-0.1, -0.05) is 12.8 Å². The highest BCUT2D eigenvalue weighted by atomic mass is 16.5. The molecule has 5 fully saturated rings. The van der Waals surface area contributed by atoms with Gasteiger partial charge in [-0.05, 0) is 163 Å². The fraction of sp³-hybridized carbons (Fsp3) is 0.532. The van der Waals surface area contributed by atoms with Crippen molar-refractivity contribution >= 4 is 63.6 Å². The van der Waals surface area contributed by atoms with Crippen LogP contribution in [0, 0.1) is 0 Å². The van der Waals surface area contributed by atoms with Crippen LogP contribution in [-0.4, -0.2) is 200 Å². The molecule has 1 saturated carbocycles. The van der Waals surface area contributed by atoms with E-state index in [4.69, 9.17) is 19.2 Å². The molecule has 0 bridgehead atoms. The molecule has 20 nitrogen and oxygen atoms in total. The van der Waals surface area contributed by atoms with Gasteiger partial charge < -0.3 is 64.5 Å². The van der Waals surface area contributed by atoms with Gasteiger partial charge in [0.05, 0.1) is 50.9 Å². The second-order valence-corrected chi connectivity index (χ2v) is 22.6. The summed E-state index contributed by atoms with van der Waals surface area (Å²) in [5.74, 6) is -0.161. The van der Waals surface area contributed by atoms with E-state index in [1.165, 1.54) is 25.7 Å². The van der Waals surface area contributed by atoms with Crippen LogP contribution in [0.25, 0.3) is 11.0 Å². The Balaban J connectivity index is 0.606. The maximum atomic E-state index is 14.2. The fourth-order valence-electron chi connectivity index (χ4n) is 12.3. The Morgan fingerprint density at radius 2 is 1.02 bits per heavy atom. The van der Waals surface area contributed by atoms with Gasteiger partial charge >= 0.3 is 0 Å². The summed E-state index contributed by atoms with van der Waals surface area (Å²) >= 11 is 0. The number of hydrogen-bond acceptors (Lipinski definition) is 14.